The second-order valence-corrected chi connectivity index (χ2v) is 8.59. The van der Waals surface area contributed by atoms with Crippen LogP contribution in [0.3, 0.4) is 0 Å². The predicted octanol–water partition coefficient (Wildman–Crippen LogP) is 5.32. The number of rotatable bonds is 6. The Labute approximate surface area is 182 Å². The van der Waals surface area contributed by atoms with Gasteiger partial charge in [-0.1, -0.05) is 48.5 Å². The minimum atomic E-state index is -5.32. The van der Waals surface area contributed by atoms with Crippen LogP contribution in [0.2, 0.25) is 0 Å². The predicted molar refractivity (Wildman–Crippen MR) is 112 cm³/mol. The number of hydrogen-bond acceptors (Lipinski definition) is 4. The van der Waals surface area contributed by atoms with Crippen LogP contribution in [0.5, 0.6) is 0 Å². The third kappa shape index (κ3) is 4.76. The fraction of sp³-hybridized carbons (Fsp3) is 0.136. The van der Waals surface area contributed by atoms with Gasteiger partial charge in [-0.3, -0.25) is 0 Å². The zero-order valence-corrected chi connectivity index (χ0v) is 17.7. The smallest absolute Gasteiger partial charge is 0.478 e. The molecule has 0 unspecified atom stereocenters. The molecule has 1 N–H and O–H groups in total. The summed E-state index contributed by atoms with van der Waals surface area (Å²) in [5, 5.41) is 9.40. The Hall–Kier alpha value is -3.37. The summed E-state index contributed by atoms with van der Waals surface area (Å²) in [4.78, 5) is 14.8. The van der Waals surface area contributed by atoms with Crippen LogP contribution in [0, 0.1) is 13.8 Å². The van der Waals surface area contributed by atoms with Crippen molar-refractivity contribution in [2.45, 2.75) is 25.1 Å². The highest BCUT2D eigenvalue weighted by Crippen LogP contribution is 2.33. The van der Waals surface area contributed by atoms with E-state index in [1.807, 2.05) is 0 Å². The minimum absolute atomic E-state index is 0.200. The van der Waals surface area contributed by atoms with Crippen molar-refractivity contribution in [2.24, 2.45) is 0 Å². The van der Waals surface area contributed by atoms with E-state index in [0.29, 0.717) is 5.56 Å². The zero-order valence-electron chi connectivity index (χ0n) is 16.9. The quantitative estimate of drug-likeness (QED) is 0.499. The Bertz CT molecular complexity index is 1240. The van der Waals surface area contributed by atoms with Gasteiger partial charge in [-0.25, -0.2) is 4.79 Å². The number of aryl methyl sites for hydroxylation is 1. The van der Waals surface area contributed by atoms with Gasteiger partial charge in [0.05, 0.1) is 16.1 Å². The van der Waals surface area contributed by atoms with E-state index in [1.54, 1.807) is 30.3 Å². The number of carboxylic acid groups (broad SMARTS) is 1. The Kier molecular flexibility index (Phi) is 6.29. The number of carboxylic acids is 1. The number of carbonyl (C=O) groups is 1. The fourth-order valence-electron chi connectivity index (χ4n) is 3.27. The highest BCUT2D eigenvalue weighted by Gasteiger charge is 2.40. The first-order chi connectivity index (χ1) is 14.9. The molecular formula is C22H18F3NO5S. The van der Waals surface area contributed by atoms with E-state index in [0.717, 1.165) is 11.6 Å². The third-order valence-corrected chi connectivity index (χ3v) is 6.43. The minimum Gasteiger partial charge on any atom is -0.478 e. The lowest BCUT2D eigenvalue weighted by Gasteiger charge is -2.25. The molecule has 0 aliphatic carbocycles. The van der Waals surface area contributed by atoms with Crippen LogP contribution in [0.15, 0.2) is 71.6 Å². The van der Waals surface area contributed by atoms with Gasteiger partial charge in [0.2, 0.25) is 0 Å². The molecular weight excluding hydrogens is 447 g/mol. The van der Waals surface area contributed by atoms with E-state index in [-0.39, 0.29) is 21.2 Å². The number of halogens is 3. The lowest BCUT2D eigenvalue weighted by Crippen LogP contribution is -2.37. The van der Waals surface area contributed by atoms with Crippen molar-refractivity contribution < 1.29 is 36.3 Å². The summed E-state index contributed by atoms with van der Waals surface area (Å²) in [5.41, 5.74) is 0.791. The van der Waals surface area contributed by atoms with Crippen LogP contribution in [-0.2, 0) is 14.9 Å². The molecule has 0 heterocycles. The van der Waals surface area contributed by atoms with E-state index in [1.165, 1.54) is 44.2 Å². The first kappa shape index (κ1) is 23.3. The molecule has 32 heavy (non-hydrogen) atoms. The van der Waals surface area contributed by atoms with Gasteiger partial charge in [0.25, 0.3) is 10.0 Å². The molecule has 0 spiro atoms. The number of nitrogens with zero attached hydrogens (tertiary/aromatic N) is 1. The summed E-state index contributed by atoms with van der Waals surface area (Å²) in [6.45, 7) is 2.67. The molecule has 6 nitrogen and oxygen atoms in total. The van der Waals surface area contributed by atoms with E-state index >= 15 is 0 Å². The first-order valence-corrected chi connectivity index (χ1v) is 10.7. The molecule has 3 aromatic carbocycles. The first-order valence-electron chi connectivity index (χ1n) is 9.22. The Morgan fingerprint density at radius 1 is 0.906 bits per heavy atom. The molecule has 0 aromatic heterocycles. The second kappa shape index (κ2) is 8.64. The molecule has 0 saturated carbocycles. The van der Waals surface area contributed by atoms with Gasteiger partial charge in [-0.05, 0) is 54.3 Å². The molecule has 0 radical (unpaired) electrons. The van der Waals surface area contributed by atoms with Crippen LogP contribution in [0.4, 0.5) is 18.9 Å². The van der Waals surface area contributed by atoms with Gasteiger partial charge in [0.1, 0.15) is 0 Å². The highest BCUT2D eigenvalue weighted by molar-refractivity contribution is 7.92. The van der Waals surface area contributed by atoms with Crippen LogP contribution in [0.25, 0.3) is 11.1 Å². The molecule has 0 atom stereocenters. The van der Waals surface area contributed by atoms with Crippen molar-refractivity contribution in [3.05, 3.63) is 83.4 Å². The summed E-state index contributed by atoms with van der Waals surface area (Å²) in [6, 6.07) is 16.5. The van der Waals surface area contributed by atoms with E-state index in [9.17, 15) is 31.5 Å². The summed E-state index contributed by atoms with van der Waals surface area (Å²) in [7, 11) is -4.94. The van der Waals surface area contributed by atoms with Crippen LogP contribution in [-0.4, -0.2) is 25.9 Å². The lowest BCUT2D eigenvalue weighted by molar-refractivity contribution is -0.322. The standard InChI is InChI=1S/C22H18F3NO5S/c1-14-8-13-19(15(2)20(14)21(27)28)32(29,30)26(31-22(23,24)25)18-11-9-17(10-12-18)16-6-4-3-5-7-16/h3-13H,1-2H3,(H,27,28). The second-order valence-electron chi connectivity index (χ2n) is 6.87. The maximum Gasteiger partial charge on any atom is 0.544 e. The van der Waals surface area contributed by atoms with Crippen molar-refractivity contribution >= 4 is 21.7 Å². The number of sulfonamides is 1. The van der Waals surface area contributed by atoms with Crippen molar-refractivity contribution in [2.75, 3.05) is 4.47 Å². The number of benzene rings is 3. The van der Waals surface area contributed by atoms with Gasteiger partial charge in [-0.2, -0.15) is 13.3 Å². The van der Waals surface area contributed by atoms with E-state index in [4.69, 9.17) is 0 Å². The molecule has 0 fully saturated rings. The van der Waals surface area contributed by atoms with Crippen molar-refractivity contribution in [3.63, 3.8) is 0 Å². The molecule has 0 aliphatic heterocycles. The monoisotopic (exact) mass is 465 g/mol. The molecule has 0 bridgehead atoms. The SMILES string of the molecule is Cc1ccc(S(=O)(=O)N(OC(F)(F)F)c2ccc(-c3ccccc3)cc2)c(C)c1C(=O)O. The van der Waals surface area contributed by atoms with Crippen LogP contribution >= 0.6 is 0 Å². The van der Waals surface area contributed by atoms with E-state index in [2.05, 4.69) is 4.84 Å². The van der Waals surface area contributed by atoms with Crippen molar-refractivity contribution in [1.29, 1.82) is 0 Å². The van der Waals surface area contributed by atoms with Crippen molar-refractivity contribution in [1.82, 2.24) is 0 Å². The molecule has 3 aromatic rings. The zero-order chi connectivity index (χ0) is 23.7. The molecule has 168 valence electrons. The summed E-state index contributed by atoms with van der Waals surface area (Å²) in [5.74, 6) is -1.40. The topological polar surface area (TPSA) is 83.9 Å². The van der Waals surface area contributed by atoms with E-state index < -0.39 is 32.9 Å². The number of anilines is 1. The Balaban J connectivity index is 2.12. The summed E-state index contributed by atoms with van der Waals surface area (Å²) >= 11 is 0. The van der Waals surface area contributed by atoms with Gasteiger partial charge in [0.15, 0.2) is 0 Å². The Morgan fingerprint density at radius 2 is 1.47 bits per heavy atom. The maximum atomic E-state index is 13.2. The summed E-state index contributed by atoms with van der Waals surface area (Å²) < 4.78 is 65.5. The van der Waals surface area contributed by atoms with Gasteiger partial charge >= 0.3 is 12.3 Å². The molecule has 0 saturated heterocycles. The number of aromatic carboxylic acids is 1. The molecule has 3 rings (SSSR count). The normalized spacial score (nSPS) is 11.9. The lowest BCUT2D eigenvalue weighted by atomic mass is 10.0. The largest absolute Gasteiger partial charge is 0.544 e. The fourth-order valence-corrected chi connectivity index (χ4v) is 4.76. The average Bonchev–Trinajstić information content (AvgIpc) is 2.72. The third-order valence-electron chi connectivity index (χ3n) is 4.71. The van der Waals surface area contributed by atoms with Gasteiger partial charge in [-0.15, -0.1) is 17.6 Å². The van der Waals surface area contributed by atoms with Crippen LogP contribution < -0.4 is 4.47 Å². The number of hydrogen-bond donors (Lipinski definition) is 1. The number of alkyl halides is 3. The van der Waals surface area contributed by atoms with Crippen molar-refractivity contribution in [3.8, 4) is 11.1 Å². The molecule has 0 aliphatic rings. The highest BCUT2D eigenvalue weighted by atomic mass is 32.2. The molecule has 10 heteroatoms. The van der Waals surface area contributed by atoms with Gasteiger partial charge < -0.3 is 5.11 Å². The molecule has 0 amide bonds. The van der Waals surface area contributed by atoms with Gasteiger partial charge in [0, 0.05) is 0 Å². The maximum absolute atomic E-state index is 13.2. The average molecular weight is 465 g/mol. The van der Waals surface area contributed by atoms with Crippen LogP contribution in [0.1, 0.15) is 21.5 Å². The summed E-state index contributed by atoms with van der Waals surface area (Å²) in [6.07, 6.45) is -5.32. The Morgan fingerprint density at radius 3 is 2.00 bits per heavy atom.